The molecule has 0 fully saturated rings. The Balaban J connectivity index is 1.68. The highest BCUT2D eigenvalue weighted by atomic mass is 16.6. The van der Waals surface area contributed by atoms with Gasteiger partial charge >= 0.3 is 5.69 Å². The Labute approximate surface area is 162 Å². The molecule has 0 spiro atoms. The normalized spacial score (nSPS) is 10.3. The summed E-state index contributed by atoms with van der Waals surface area (Å²) in [5, 5.41) is 17.7. The zero-order valence-corrected chi connectivity index (χ0v) is 15.5. The van der Waals surface area contributed by atoms with E-state index in [-0.39, 0.29) is 17.3 Å². The molecule has 0 amide bonds. The van der Waals surface area contributed by atoms with Crippen molar-refractivity contribution in [3.63, 3.8) is 0 Å². The maximum atomic E-state index is 11.6. The average molecular weight is 379 g/mol. The smallest absolute Gasteiger partial charge is 0.353 e. The summed E-state index contributed by atoms with van der Waals surface area (Å²) in [5.74, 6) is 1.13. The molecule has 2 N–H and O–H groups in total. The van der Waals surface area contributed by atoms with Crippen LogP contribution in [0.2, 0.25) is 0 Å². The number of benzene rings is 2. The molecule has 144 valence electrons. The molecular formula is C20H21N5O3. The molecule has 0 aliphatic heterocycles. The Morgan fingerprint density at radius 2 is 1.64 bits per heavy atom. The van der Waals surface area contributed by atoms with Gasteiger partial charge in [-0.05, 0) is 29.7 Å². The molecule has 0 unspecified atom stereocenters. The Hall–Kier alpha value is -3.68. The van der Waals surface area contributed by atoms with Crippen LogP contribution in [0.5, 0.6) is 5.75 Å². The molecule has 1 aromatic heterocycles. The van der Waals surface area contributed by atoms with Gasteiger partial charge in [0.05, 0.1) is 12.0 Å². The number of nitro groups is 1. The lowest BCUT2D eigenvalue weighted by atomic mass is 10.1. The fourth-order valence-electron chi connectivity index (χ4n) is 2.71. The van der Waals surface area contributed by atoms with Crippen molar-refractivity contribution in [1.82, 2.24) is 9.97 Å². The van der Waals surface area contributed by atoms with Gasteiger partial charge in [0.1, 0.15) is 12.1 Å². The number of rotatable bonds is 9. The van der Waals surface area contributed by atoms with Gasteiger partial charge in [-0.15, -0.1) is 0 Å². The minimum absolute atomic E-state index is 0.163. The maximum Gasteiger partial charge on any atom is 0.353 e. The van der Waals surface area contributed by atoms with Crippen molar-refractivity contribution in [2.45, 2.75) is 13.0 Å². The Morgan fingerprint density at radius 1 is 0.964 bits per heavy atom. The molecule has 3 rings (SSSR count). The lowest BCUT2D eigenvalue weighted by Gasteiger charge is -2.10. The van der Waals surface area contributed by atoms with Crippen LogP contribution in [0.1, 0.15) is 11.1 Å². The first-order valence-electron chi connectivity index (χ1n) is 8.81. The molecule has 1 heterocycles. The quantitative estimate of drug-likeness (QED) is 0.432. The van der Waals surface area contributed by atoms with Gasteiger partial charge in [0.15, 0.2) is 0 Å². The van der Waals surface area contributed by atoms with E-state index < -0.39 is 4.92 Å². The van der Waals surface area contributed by atoms with Gasteiger partial charge in [0, 0.05) is 13.1 Å². The Morgan fingerprint density at radius 3 is 2.29 bits per heavy atom. The topological polar surface area (TPSA) is 102 Å². The van der Waals surface area contributed by atoms with E-state index >= 15 is 0 Å². The second kappa shape index (κ2) is 9.31. The lowest BCUT2D eigenvalue weighted by Crippen LogP contribution is -2.12. The van der Waals surface area contributed by atoms with Gasteiger partial charge < -0.3 is 15.4 Å². The van der Waals surface area contributed by atoms with Crippen LogP contribution in [0.15, 0.2) is 60.9 Å². The molecule has 0 aliphatic carbocycles. The summed E-state index contributed by atoms with van der Waals surface area (Å²) in [6.07, 6.45) is 2.05. The third-order valence-electron chi connectivity index (χ3n) is 4.17. The summed E-state index contributed by atoms with van der Waals surface area (Å²) in [5.41, 5.74) is 1.93. The zero-order valence-electron chi connectivity index (χ0n) is 15.5. The third kappa shape index (κ3) is 4.94. The number of anilines is 2. The summed E-state index contributed by atoms with van der Waals surface area (Å²) in [7, 11) is 1.60. The average Bonchev–Trinajstić information content (AvgIpc) is 2.73. The minimum Gasteiger partial charge on any atom is -0.497 e. The van der Waals surface area contributed by atoms with Crippen molar-refractivity contribution in [2.24, 2.45) is 0 Å². The largest absolute Gasteiger partial charge is 0.497 e. The summed E-state index contributed by atoms with van der Waals surface area (Å²) < 4.78 is 5.13. The number of hydrogen-bond acceptors (Lipinski definition) is 7. The highest BCUT2D eigenvalue weighted by Gasteiger charge is 2.22. The third-order valence-corrected chi connectivity index (χ3v) is 4.17. The van der Waals surface area contributed by atoms with Crippen LogP contribution in [0, 0.1) is 10.1 Å². The van der Waals surface area contributed by atoms with E-state index in [2.05, 4.69) is 20.6 Å². The summed E-state index contributed by atoms with van der Waals surface area (Å²) >= 11 is 0. The summed E-state index contributed by atoms with van der Waals surface area (Å²) in [6.45, 7) is 0.922. The van der Waals surface area contributed by atoms with Crippen LogP contribution in [-0.4, -0.2) is 28.5 Å². The monoisotopic (exact) mass is 379 g/mol. The fourth-order valence-corrected chi connectivity index (χ4v) is 2.71. The van der Waals surface area contributed by atoms with E-state index in [4.69, 9.17) is 4.74 Å². The number of aromatic nitrogens is 2. The van der Waals surface area contributed by atoms with Crippen molar-refractivity contribution in [1.29, 1.82) is 0 Å². The zero-order chi connectivity index (χ0) is 19.8. The minimum atomic E-state index is -0.471. The molecule has 3 aromatic rings. The molecule has 0 saturated heterocycles. The molecular weight excluding hydrogens is 358 g/mol. The van der Waals surface area contributed by atoms with Crippen molar-refractivity contribution >= 4 is 17.3 Å². The molecule has 8 heteroatoms. The van der Waals surface area contributed by atoms with Crippen LogP contribution in [0.3, 0.4) is 0 Å². The van der Waals surface area contributed by atoms with Crippen LogP contribution < -0.4 is 15.4 Å². The van der Waals surface area contributed by atoms with E-state index in [0.29, 0.717) is 13.1 Å². The van der Waals surface area contributed by atoms with Crippen molar-refractivity contribution < 1.29 is 9.66 Å². The molecule has 0 radical (unpaired) electrons. The predicted octanol–water partition coefficient (Wildman–Crippen LogP) is 3.66. The van der Waals surface area contributed by atoms with Crippen LogP contribution in [0.25, 0.3) is 0 Å². The maximum absolute atomic E-state index is 11.6. The second-order valence-corrected chi connectivity index (χ2v) is 6.04. The number of ether oxygens (including phenoxy) is 1. The van der Waals surface area contributed by atoms with E-state index in [1.165, 1.54) is 6.33 Å². The van der Waals surface area contributed by atoms with Gasteiger partial charge in [0.25, 0.3) is 0 Å². The van der Waals surface area contributed by atoms with E-state index in [1.54, 1.807) is 7.11 Å². The summed E-state index contributed by atoms with van der Waals surface area (Å²) in [4.78, 5) is 19.2. The SMILES string of the molecule is COc1ccc(CNc2ncnc(NCCc3ccccc3)c2[N+](=O)[O-])cc1. The van der Waals surface area contributed by atoms with E-state index in [0.717, 1.165) is 23.3 Å². The molecule has 0 atom stereocenters. The van der Waals surface area contributed by atoms with Gasteiger partial charge in [-0.1, -0.05) is 42.5 Å². The lowest BCUT2D eigenvalue weighted by molar-refractivity contribution is -0.383. The van der Waals surface area contributed by atoms with Crippen LogP contribution in [-0.2, 0) is 13.0 Å². The number of nitrogens with zero attached hydrogens (tertiary/aromatic N) is 3. The standard InChI is InChI=1S/C20H21N5O3/c1-28-17-9-7-16(8-10-17)13-22-20-18(25(26)27)19(23-14-24-20)21-12-11-15-5-3-2-4-6-15/h2-10,14H,11-13H2,1H3,(H2,21,22,23,24). The van der Waals surface area contributed by atoms with Gasteiger partial charge in [-0.3, -0.25) is 10.1 Å². The molecule has 0 bridgehead atoms. The molecule has 28 heavy (non-hydrogen) atoms. The summed E-state index contributed by atoms with van der Waals surface area (Å²) in [6, 6.07) is 17.3. The molecule has 2 aromatic carbocycles. The van der Waals surface area contributed by atoms with Gasteiger partial charge in [0.2, 0.25) is 11.6 Å². The number of nitrogens with one attached hydrogen (secondary N) is 2. The van der Waals surface area contributed by atoms with Crippen LogP contribution in [0.4, 0.5) is 17.3 Å². The predicted molar refractivity (Wildman–Crippen MR) is 108 cm³/mol. The first kappa shape index (κ1) is 19.1. The van der Waals surface area contributed by atoms with Crippen molar-refractivity contribution in [2.75, 3.05) is 24.3 Å². The van der Waals surface area contributed by atoms with E-state index in [9.17, 15) is 10.1 Å². The second-order valence-electron chi connectivity index (χ2n) is 6.04. The molecule has 0 aliphatic rings. The number of methoxy groups -OCH3 is 1. The number of hydrogen-bond donors (Lipinski definition) is 2. The van der Waals surface area contributed by atoms with Gasteiger partial charge in [-0.2, -0.15) is 0 Å². The van der Waals surface area contributed by atoms with E-state index in [1.807, 2.05) is 54.6 Å². The Bertz CT molecular complexity index is 917. The first-order chi connectivity index (χ1) is 13.7. The van der Waals surface area contributed by atoms with Crippen LogP contribution >= 0.6 is 0 Å². The van der Waals surface area contributed by atoms with Crippen molar-refractivity contribution in [3.8, 4) is 5.75 Å². The first-order valence-corrected chi connectivity index (χ1v) is 8.81. The van der Waals surface area contributed by atoms with Gasteiger partial charge in [-0.25, -0.2) is 9.97 Å². The highest BCUT2D eigenvalue weighted by Crippen LogP contribution is 2.29. The van der Waals surface area contributed by atoms with Crippen molar-refractivity contribution in [3.05, 3.63) is 82.2 Å². The fraction of sp³-hybridized carbons (Fsp3) is 0.200. The molecule has 0 saturated carbocycles. The molecule has 8 nitrogen and oxygen atoms in total. The Kier molecular flexibility index (Phi) is 6.35. The highest BCUT2D eigenvalue weighted by molar-refractivity contribution is 5.69.